The van der Waals surface area contributed by atoms with Crippen LogP contribution in [0.15, 0.2) is 39.7 Å². The van der Waals surface area contributed by atoms with E-state index >= 15 is 0 Å². The predicted octanol–water partition coefficient (Wildman–Crippen LogP) is -0.0262. The van der Waals surface area contributed by atoms with Crippen molar-refractivity contribution >= 4 is 34.0 Å². The number of nitrogens with two attached hydrogens (primary N) is 2. The lowest BCUT2D eigenvalue weighted by Gasteiger charge is -2.02. The van der Waals surface area contributed by atoms with Crippen molar-refractivity contribution < 1.29 is 0 Å². The van der Waals surface area contributed by atoms with E-state index in [1.165, 1.54) is 0 Å². The molecule has 8 heteroatoms. The van der Waals surface area contributed by atoms with Gasteiger partial charge in [0.2, 0.25) is 0 Å². The van der Waals surface area contributed by atoms with Gasteiger partial charge in [0.1, 0.15) is 0 Å². The van der Waals surface area contributed by atoms with Crippen molar-refractivity contribution in [2.24, 2.45) is 26.8 Å². The quantitative estimate of drug-likeness (QED) is 0.551. The van der Waals surface area contributed by atoms with Crippen molar-refractivity contribution in [1.29, 1.82) is 0 Å². The van der Waals surface area contributed by atoms with Crippen LogP contribution in [0.5, 0.6) is 0 Å². The highest BCUT2D eigenvalue weighted by molar-refractivity contribution is 6.68. The first kappa shape index (κ1) is 10.3. The summed E-state index contributed by atoms with van der Waals surface area (Å²) in [4.78, 5) is 0. The van der Waals surface area contributed by atoms with Gasteiger partial charge < -0.3 is 11.5 Å². The first-order valence-corrected chi connectivity index (χ1v) is 5.18. The van der Waals surface area contributed by atoms with E-state index in [4.69, 9.17) is 11.5 Å². The van der Waals surface area contributed by atoms with Crippen LogP contribution in [0, 0.1) is 0 Å². The molecule has 18 heavy (non-hydrogen) atoms. The molecule has 1 aromatic heterocycles. The second-order valence-electron chi connectivity index (χ2n) is 3.71. The van der Waals surface area contributed by atoms with Gasteiger partial charge in [-0.2, -0.15) is 10.2 Å². The number of aromatic nitrogens is 2. The second kappa shape index (κ2) is 3.84. The lowest BCUT2D eigenvalue weighted by atomic mass is 10.2. The van der Waals surface area contributed by atoms with Crippen molar-refractivity contribution in [3.63, 3.8) is 0 Å². The number of hydrogen-bond donors (Lipinski definition) is 4. The smallest absolute Gasteiger partial charge is 0.177 e. The van der Waals surface area contributed by atoms with Crippen LogP contribution in [0.4, 0.5) is 5.69 Å². The normalized spacial score (nSPS) is 14.6. The zero-order chi connectivity index (χ0) is 12.5. The van der Waals surface area contributed by atoms with Crippen LogP contribution in [0.25, 0.3) is 10.9 Å². The number of benzene rings is 1. The predicted molar refractivity (Wildman–Crippen MR) is 70.4 cm³/mol. The molecule has 1 aromatic carbocycles. The van der Waals surface area contributed by atoms with Gasteiger partial charge in [-0.3, -0.25) is 10.5 Å². The maximum absolute atomic E-state index is 5.58. The molecule has 8 nitrogen and oxygen atoms in total. The van der Waals surface area contributed by atoms with Crippen molar-refractivity contribution in [1.82, 2.24) is 10.2 Å². The van der Waals surface area contributed by atoms with Gasteiger partial charge in [-0.25, -0.2) is 0 Å². The molecule has 2 heterocycles. The van der Waals surface area contributed by atoms with Crippen LogP contribution in [0.1, 0.15) is 0 Å². The molecular weight excluding hydrogens is 232 g/mol. The maximum atomic E-state index is 5.58. The molecule has 0 spiro atoms. The summed E-state index contributed by atoms with van der Waals surface area (Å²) in [6.07, 6.45) is 1.73. The highest BCUT2D eigenvalue weighted by atomic mass is 15.4. The highest BCUT2D eigenvalue weighted by Gasteiger charge is 2.16. The Labute approximate surface area is 101 Å². The molecule has 0 saturated carbocycles. The molecule has 0 unspecified atom stereocenters. The van der Waals surface area contributed by atoms with Crippen LogP contribution in [0.3, 0.4) is 0 Å². The third kappa shape index (κ3) is 1.65. The molecule has 0 amide bonds. The fourth-order valence-electron chi connectivity index (χ4n) is 1.58. The number of aromatic amines is 1. The molecule has 0 fully saturated rings. The van der Waals surface area contributed by atoms with Crippen LogP contribution in [-0.2, 0) is 0 Å². The van der Waals surface area contributed by atoms with Gasteiger partial charge in [0.15, 0.2) is 17.4 Å². The van der Waals surface area contributed by atoms with E-state index in [2.05, 4.69) is 30.9 Å². The molecular formula is C10H10N8. The number of H-pyrrole nitrogens is 1. The molecule has 0 radical (unpaired) electrons. The number of nitrogens with one attached hydrogen (secondary N) is 2. The Bertz CT molecular complexity index is 673. The minimum absolute atomic E-state index is 0.199. The van der Waals surface area contributed by atoms with E-state index < -0.39 is 0 Å². The van der Waals surface area contributed by atoms with E-state index in [-0.39, 0.29) is 11.7 Å². The van der Waals surface area contributed by atoms with Gasteiger partial charge in [-0.15, -0.1) is 10.2 Å². The first-order valence-electron chi connectivity index (χ1n) is 5.18. The minimum atomic E-state index is 0.199. The average Bonchev–Trinajstić information content (AvgIpc) is 2.94. The van der Waals surface area contributed by atoms with Gasteiger partial charge >= 0.3 is 0 Å². The minimum Gasteiger partial charge on any atom is -0.380 e. The highest BCUT2D eigenvalue weighted by Crippen LogP contribution is 2.16. The van der Waals surface area contributed by atoms with Gasteiger partial charge in [0, 0.05) is 5.39 Å². The Balaban J connectivity index is 1.86. The Kier molecular flexibility index (Phi) is 2.19. The van der Waals surface area contributed by atoms with Crippen molar-refractivity contribution in [2.45, 2.75) is 0 Å². The fraction of sp³-hybridized carbons (Fsp3) is 0. The molecule has 0 saturated heterocycles. The summed E-state index contributed by atoms with van der Waals surface area (Å²) in [6.45, 7) is 0. The molecule has 0 aliphatic carbocycles. The Morgan fingerprint density at radius 3 is 2.72 bits per heavy atom. The van der Waals surface area contributed by atoms with Crippen LogP contribution >= 0.6 is 0 Å². The average molecular weight is 242 g/mol. The largest absolute Gasteiger partial charge is 0.380 e. The lowest BCUT2D eigenvalue weighted by molar-refractivity contribution is 1.12. The Morgan fingerprint density at radius 1 is 1.17 bits per heavy atom. The summed E-state index contributed by atoms with van der Waals surface area (Å²) in [5.74, 6) is 0.397. The van der Waals surface area contributed by atoms with E-state index in [1.54, 1.807) is 6.20 Å². The van der Waals surface area contributed by atoms with E-state index in [9.17, 15) is 0 Å². The molecule has 1 aliphatic heterocycles. The van der Waals surface area contributed by atoms with Crippen molar-refractivity contribution in [2.75, 3.05) is 5.43 Å². The zero-order valence-corrected chi connectivity index (χ0v) is 9.25. The van der Waals surface area contributed by atoms with E-state index in [1.807, 2.05) is 18.2 Å². The van der Waals surface area contributed by atoms with E-state index in [0.29, 0.717) is 5.71 Å². The summed E-state index contributed by atoms with van der Waals surface area (Å²) < 4.78 is 0. The standard InChI is InChI=1S/C10H10N8/c11-9-8(10(12)18-17-9)16-14-6-1-2-7-5(3-6)4-13-15-7/h1-4,14H,(H,13,15)(H4,11,12,16,17,18). The van der Waals surface area contributed by atoms with Crippen molar-refractivity contribution in [3.05, 3.63) is 24.4 Å². The van der Waals surface area contributed by atoms with Gasteiger partial charge in [0.05, 0.1) is 17.4 Å². The van der Waals surface area contributed by atoms with Gasteiger partial charge in [0.25, 0.3) is 0 Å². The van der Waals surface area contributed by atoms with Crippen LogP contribution in [-0.4, -0.2) is 27.6 Å². The topological polar surface area (TPSA) is 130 Å². The number of fused-ring (bicyclic) bond motifs is 1. The van der Waals surface area contributed by atoms with Crippen LogP contribution < -0.4 is 16.9 Å². The first-order chi connectivity index (χ1) is 8.74. The Morgan fingerprint density at radius 2 is 1.94 bits per heavy atom. The third-order valence-electron chi connectivity index (χ3n) is 2.49. The summed E-state index contributed by atoms with van der Waals surface area (Å²) in [5.41, 5.74) is 16.1. The number of hydrogen-bond acceptors (Lipinski definition) is 7. The summed E-state index contributed by atoms with van der Waals surface area (Å²) in [6, 6.07) is 5.66. The third-order valence-corrected chi connectivity index (χ3v) is 2.49. The summed E-state index contributed by atoms with van der Waals surface area (Å²) >= 11 is 0. The molecule has 0 bridgehead atoms. The molecule has 0 atom stereocenters. The summed E-state index contributed by atoms with van der Waals surface area (Å²) in [7, 11) is 0. The Hall–Kier alpha value is -2.90. The number of anilines is 1. The second-order valence-corrected chi connectivity index (χ2v) is 3.71. The molecule has 90 valence electrons. The number of amidine groups is 2. The molecule has 1 aliphatic rings. The monoisotopic (exact) mass is 242 g/mol. The number of hydrazone groups is 1. The maximum Gasteiger partial charge on any atom is 0.177 e. The van der Waals surface area contributed by atoms with Crippen LogP contribution in [0.2, 0.25) is 0 Å². The fourth-order valence-corrected chi connectivity index (χ4v) is 1.58. The van der Waals surface area contributed by atoms with Crippen molar-refractivity contribution in [3.8, 4) is 0 Å². The lowest BCUT2D eigenvalue weighted by Crippen LogP contribution is -2.32. The van der Waals surface area contributed by atoms with Gasteiger partial charge in [-0.05, 0) is 18.2 Å². The number of rotatable bonds is 2. The molecule has 6 N–H and O–H groups in total. The number of nitrogens with zero attached hydrogens (tertiary/aromatic N) is 4. The van der Waals surface area contributed by atoms with Gasteiger partial charge in [-0.1, -0.05) is 0 Å². The zero-order valence-electron chi connectivity index (χ0n) is 9.25. The summed E-state index contributed by atoms with van der Waals surface area (Å²) in [5, 5.41) is 19.1. The SMILES string of the molecule is NC1=NN=C(N)C1=NNc1ccc2[nH]ncc2c1. The molecule has 2 aromatic rings. The van der Waals surface area contributed by atoms with E-state index in [0.717, 1.165) is 16.6 Å². The molecule has 3 rings (SSSR count).